The molecule has 1 unspecified atom stereocenters. The highest BCUT2D eigenvalue weighted by Crippen LogP contribution is 2.27. The van der Waals surface area contributed by atoms with Crippen molar-refractivity contribution in [2.75, 3.05) is 13.1 Å². The van der Waals surface area contributed by atoms with Crippen LogP contribution < -0.4 is 5.73 Å². The molecule has 2 rings (SSSR count). The fraction of sp³-hybridized carbons (Fsp3) is 0.727. The predicted molar refractivity (Wildman–Crippen MR) is 68.6 cm³/mol. The van der Waals surface area contributed by atoms with E-state index in [0.29, 0.717) is 29.4 Å². The number of aryl methyl sites for hydroxylation is 2. The molecule has 2 heterocycles. The van der Waals surface area contributed by atoms with Crippen molar-refractivity contribution in [1.82, 2.24) is 14.5 Å². The van der Waals surface area contributed by atoms with Crippen LogP contribution in [0, 0.1) is 13.8 Å². The topological polar surface area (TPSA) is 92.1 Å². The first-order valence-corrected chi connectivity index (χ1v) is 7.66. The number of aromatic nitrogens is 2. The van der Waals surface area contributed by atoms with Gasteiger partial charge in [-0.15, -0.1) is 0 Å². The van der Waals surface area contributed by atoms with Gasteiger partial charge in [-0.25, -0.2) is 8.42 Å². The Bertz CT molecular complexity index is 504. The molecule has 0 aliphatic carbocycles. The quantitative estimate of drug-likeness (QED) is 0.839. The van der Waals surface area contributed by atoms with Gasteiger partial charge in [0.05, 0.1) is 11.4 Å². The fourth-order valence-corrected chi connectivity index (χ4v) is 4.60. The summed E-state index contributed by atoms with van der Waals surface area (Å²) in [5, 5.41) is 6.69. The second-order valence-corrected chi connectivity index (χ2v) is 6.59. The summed E-state index contributed by atoms with van der Waals surface area (Å²) in [4.78, 5) is 0.308. The van der Waals surface area contributed by atoms with Gasteiger partial charge in [0, 0.05) is 19.1 Å². The van der Waals surface area contributed by atoms with E-state index in [1.807, 2.05) is 0 Å². The average Bonchev–Trinajstić information content (AvgIpc) is 2.69. The van der Waals surface area contributed by atoms with Crippen molar-refractivity contribution in [3.05, 3.63) is 11.4 Å². The standard InChI is InChI=1S/C11H20N4O2S/c1-8-11(9(2)14-13-8)18(16,17)15-6-4-3-5-10(15)7-12/h10H,3-7,12H2,1-2H3,(H,13,14). The molecule has 0 spiro atoms. The van der Waals surface area contributed by atoms with Crippen LogP contribution in [0.1, 0.15) is 30.7 Å². The van der Waals surface area contributed by atoms with E-state index in [1.54, 1.807) is 18.2 Å². The van der Waals surface area contributed by atoms with E-state index in [1.165, 1.54) is 0 Å². The molecule has 3 N–H and O–H groups in total. The Labute approximate surface area is 108 Å². The molecule has 1 atom stereocenters. The zero-order valence-corrected chi connectivity index (χ0v) is 11.6. The summed E-state index contributed by atoms with van der Waals surface area (Å²) in [5.41, 5.74) is 6.80. The molecule has 1 saturated heterocycles. The Morgan fingerprint density at radius 3 is 2.72 bits per heavy atom. The van der Waals surface area contributed by atoms with E-state index in [9.17, 15) is 8.42 Å². The Morgan fingerprint density at radius 2 is 2.17 bits per heavy atom. The predicted octanol–water partition coefficient (Wildman–Crippen LogP) is 0.528. The summed E-state index contributed by atoms with van der Waals surface area (Å²) < 4.78 is 26.9. The van der Waals surface area contributed by atoms with Gasteiger partial charge in [-0.05, 0) is 26.7 Å². The molecular weight excluding hydrogens is 252 g/mol. The lowest BCUT2D eigenvalue weighted by Crippen LogP contribution is -2.47. The van der Waals surface area contributed by atoms with Crippen molar-refractivity contribution < 1.29 is 8.42 Å². The average molecular weight is 272 g/mol. The van der Waals surface area contributed by atoms with Crippen LogP contribution in [0.25, 0.3) is 0 Å². The third-order valence-electron chi connectivity index (χ3n) is 3.47. The normalized spacial score (nSPS) is 22.3. The van der Waals surface area contributed by atoms with Crippen LogP contribution in [-0.2, 0) is 10.0 Å². The smallest absolute Gasteiger partial charge is 0.247 e. The maximum atomic E-state index is 12.7. The summed E-state index contributed by atoms with van der Waals surface area (Å²) in [6.45, 7) is 4.36. The third kappa shape index (κ3) is 2.17. The van der Waals surface area contributed by atoms with Crippen molar-refractivity contribution in [2.45, 2.75) is 44.0 Å². The van der Waals surface area contributed by atoms with E-state index >= 15 is 0 Å². The van der Waals surface area contributed by atoms with E-state index < -0.39 is 10.0 Å². The van der Waals surface area contributed by atoms with Crippen molar-refractivity contribution in [3.63, 3.8) is 0 Å². The monoisotopic (exact) mass is 272 g/mol. The Morgan fingerprint density at radius 1 is 1.44 bits per heavy atom. The molecular formula is C11H20N4O2S. The highest BCUT2D eigenvalue weighted by Gasteiger charge is 2.35. The minimum absolute atomic E-state index is 0.0857. The number of H-pyrrole nitrogens is 1. The molecule has 7 heteroatoms. The second kappa shape index (κ2) is 4.99. The zero-order chi connectivity index (χ0) is 13.3. The molecule has 0 radical (unpaired) electrons. The maximum absolute atomic E-state index is 12.7. The zero-order valence-electron chi connectivity index (χ0n) is 10.8. The van der Waals surface area contributed by atoms with Gasteiger partial charge in [-0.3, -0.25) is 5.10 Å². The highest BCUT2D eigenvalue weighted by atomic mass is 32.2. The van der Waals surface area contributed by atoms with Crippen molar-refractivity contribution in [3.8, 4) is 0 Å². The molecule has 0 bridgehead atoms. The van der Waals surface area contributed by atoms with Crippen LogP contribution in [0.2, 0.25) is 0 Å². The lowest BCUT2D eigenvalue weighted by atomic mass is 10.1. The largest absolute Gasteiger partial charge is 0.329 e. The maximum Gasteiger partial charge on any atom is 0.247 e. The molecule has 0 aromatic carbocycles. The van der Waals surface area contributed by atoms with E-state index in [2.05, 4.69) is 10.2 Å². The Balaban J connectivity index is 2.41. The fourth-order valence-electron chi connectivity index (χ4n) is 2.56. The molecule has 1 aromatic heterocycles. The summed E-state index contributed by atoms with van der Waals surface area (Å²) in [7, 11) is -3.48. The van der Waals surface area contributed by atoms with Gasteiger partial charge < -0.3 is 5.73 Å². The van der Waals surface area contributed by atoms with E-state index in [4.69, 9.17) is 5.73 Å². The van der Waals surface area contributed by atoms with Crippen molar-refractivity contribution in [1.29, 1.82) is 0 Å². The van der Waals surface area contributed by atoms with Gasteiger partial charge in [0.15, 0.2) is 0 Å². The summed E-state index contributed by atoms with van der Waals surface area (Å²) in [6.07, 6.45) is 2.77. The first kappa shape index (κ1) is 13.5. The number of hydrogen-bond acceptors (Lipinski definition) is 4. The number of piperidine rings is 1. The first-order chi connectivity index (χ1) is 8.48. The number of sulfonamides is 1. The molecule has 102 valence electrons. The van der Waals surface area contributed by atoms with Gasteiger partial charge in [-0.2, -0.15) is 9.40 Å². The van der Waals surface area contributed by atoms with Crippen molar-refractivity contribution in [2.24, 2.45) is 5.73 Å². The van der Waals surface area contributed by atoms with Crippen LogP contribution >= 0.6 is 0 Å². The molecule has 0 amide bonds. The van der Waals surface area contributed by atoms with Crippen LogP contribution in [0.15, 0.2) is 4.90 Å². The summed E-state index contributed by atoms with van der Waals surface area (Å²) in [6, 6.07) is -0.0857. The van der Waals surface area contributed by atoms with E-state index in [-0.39, 0.29) is 6.04 Å². The van der Waals surface area contributed by atoms with Gasteiger partial charge in [0.25, 0.3) is 0 Å². The van der Waals surface area contributed by atoms with E-state index in [0.717, 1.165) is 19.3 Å². The van der Waals surface area contributed by atoms with Gasteiger partial charge in [0.1, 0.15) is 4.90 Å². The number of hydrogen-bond donors (Lipinski definition) is 2. The number of rotatable bonds is 3. The molecule has 1 aromatic rings. The molecule has 1 fully saturated rings. The van der Waals surface area contributed by atoms with Gasteiger partial charge >= 0.3 is 0 Å². The third-order valence-corrected chi connectivity index (χ3v) is 5.69. The number of nitrogens with one attached hydrogen (secondary N) is 1. The number of nitrogens with zero attached hydrogens (tertiary/aromatic N) is 2. The lowest BCUT2D eigenvalue weighted by molar-refractivity contribution is 0.257. The molecule has 0 saturated carbocycles. The molecule has 6 nitrogen and oxygen atoms in total. The lowest BCUT2D eigenvalue weighted by Gasteiger charge is -2.33. The molecule has 1 aliphatic rings. The Hall–Kier alpha value is -0.920. The van der Waals surface area contributed by atoms with Crippen LogP contribution in [0.5, 0.6) is 0 Å². The summed E-state index contributed by atoms with van der Waals surface area (Å²) >= 11 is 0. The molecule has 1 aliphatic heterocycles. The Kier molecular flexibility index (Phi) is 3.74. The first-order valence-electron chi connectivity index (χ1n) is 6.22. The minimum Gasteiger partial charge on any atom is -0.329 e. The van der Waals surface area contributed by atoms with Crippen LogP contribution in [-0.4, -0.2) is 42.1 Å². The minimum atomic E-state index is -3.48. The van der Waals surface area contributed by atoms with Gasteiger partial charge in [0.2, 0.25) is 10.0 Å². The van der Waals surface area contributed by atoms with Crippen LogP contribution in [0.4, 0.5) is 0 Å². The highest BCUT2D eigenvalue weighted by molar-refractivity contribution is 7.89. The number of aromatic amines is 1. The van der Waals surface area contributed by atoms with Gasteiger partial charge in [-0.1, -0.05) is 6.42 Å². The van der Waals surface area contributed by atoms with Crippen molar-refractivity contribution >= 4 is 10.0 Å². The summed E-state index contributed by atoms with van der Waals surface area (Å²) in [5.74, 6) is 0. The second-order valence-electron chi connectivity index (χ2n) is 4.76. The van der Waals surface area contributed by atoms with Crippen LogP contribution in [0.3, 0.4) is 0 Å². The number of nitrogens with two attached hydrogens (primary N) is 1. The molecule has 18 heavy (non-hydrogen) atoms. The SMILES string of the molecule is Cc1n[nH]c(C)c1S(=O)(=O)N1CCCCC1CN.